The van der Waals surface area contributed by atoms with Crippen LogP contribution in [0.4, 0.5) is 0 Å². The van der Waals surface area contributed by atoms with Gasteiger partial charge >= 0.3 is 0 Å². The molecule has 0 aliphatic heterocycles. The summed E-state index contributed by atoms with van der Waals surface area (Å²) in [4.78, 5) is 11.7. The Morgan fingerprint density at radius 2 is 2.00 bits per heavy atom. The molecule has 0 radical (unpaired) electrons. The van der Waals surface area contributed by atoms with Gasteiger partial charge in [0.05, 0.1) is 4.47 Å². The molecule has 4 heteroatoms. The highest BCUT2D eigenvalue weighted by atomic mass is 79.9. The Bertz CT molecular complexity index is 383. The third-order valence-electron chi connectivity index (χ3n) is 1.70. The number of carbonyl (C=O) groups is 1. The highest BCUT2D eigenvalue weighted by Crippen LogP contribution is 2.24. The van der Waals surface area contributed by atoms with Crippen molar-refractivity contribution in [2.24, 2.45) is 0 Å². The van der Waals surface area contributed by atoms with E-state index in [1.54, 1.807) is 12.1 Å². The molecular formula is C11H14BrNO2. The lowest BCUT2D eigenvalue weighted by Crippen LogP contribution is -2.40. The van der Waals surface area contributed by atoms with E-state index in [1.165, 1.54) is 6.07 Å². The lowest BCUT2D eigenvalue weighted by atomic mass is 10.1. The highest BCUT2D eigenvalue weighted by Gasteiger charge is 2.15. The van der Waals surface area contributed by atoms with Gasteiger partial charge in [-0.1, -0.05) is 0 Å². The molecule has 1 aromatic rings. The first-order valence-electron chi connectivity index (χ1n) is 4.60. The lowest BCUT2D eigenvalue weighted by molar-refractivity contribution is 0.0919. The third kappa shape index (κ3) is 3.55. The minimum Gasteiger partial charge on any atom is -0.507 e. The number of nitrogens with one attached hydrogen (secondary N) is 1. The number of carbonyl (C=O) groups excluding carboxylic acids is 1. The van der Waals surface area contributed by atoms with E-state index in [1.807, 2.05) is 20.8 Å². The summed E-state index contributed by atoms with van der Waals surface area (Å²) in [5.74, 6) is -0.123. The molecule has 0 heterocycles. The summed E-state index contributed by atoms with van der Waals surface area (Å²) in [6.07, 6.45) is 0. The second-order valence-electron chi connectivity index (χ2n) is 4.37. The summed E-state index contributed by atoms with van der Waals surface area (Å²) >= 11 is 3.16. The van der Waals surface area contributed by atoms with E-state index < -0.39 is 0 Å². The van der Waals surface area contributed by atoms with Crippen LogP contribution in [0.15, 0.2) is 22.7 Å². The first kappa shape index (κ1) is 12.0. The van der Waals surface area contributed by atoms with Gasteiger partial charge in [0, 0.05) is 11.1 Å². The number of hydrogen-bond acceptors (Lipinski definition) is 2. The van der Waals surface area contributed by atoms with Crippen LogP contribution in [-0.4, -0.2) is 16.6 Å². The van der Waals surface area contributed by atoms with Gasteiger partial charge in [0.2, 0.25) is 0 Å². The molecule has 15 heavy (non-hydrogen) atoms. The quantitative estimate of drug-likeness (QED) is 0.825. The second kappa shape index (κ2) is 4.23. The van der Waals surface area contributed by atoms with Gasteiger partial charge in [-0.05, 0) is 54.9 Å². The normalized spacial score (nSPS) is 11.2. The number of hydrogen-bond donors (Lipinski definition) is 2. The van der Waals surface area contributed by atoms with Crippen molar-refractivity contribution in [3.63, 3.8) is 0 Å². The van der Waals surface area contributed by atoms with E-state index >= 15 is 0 Å². The van der Waals surface area contributed by atoms with Gasteiger partial charge < -0.3 is 10.4 Å². The fourth-order valence-electron chi connectivity index (χ4n) is 1.07. The van der Waals surface area contributed by atoms with Crippen LogP contribution in [0.2, 0.25) is 0 Å². The zero-order chi connectivity index (χ0) is 11.6. The zero-order valence-electron chi connectivity index (χ0n) is 8.97. The molecule has 3 nitrogen and oxygen atoms in total. The molecule has 0 spiro atoms. The number of phenolic OH excluding ortho intramolecular Hbond substituents is 1. The van der Waals surface area contributed by atoms with E-state index in [-0.39, 0.29) is 17.2 Å². The largest absolute Gasteiger partial charge is 0.507 e. The van der Waals surface area contributed by atoms with Crippen LogP contribution in [0.1, 0.15) is 31.1 Å². The molecule has 2 N–H and O–H groups in total. The van der Waals surface area contributed by atoms with Crippen molar-refractivity contribution in [2.75, 3.05) is 0 Å². The van der Waals surface area contributed by atoms with Crippen LogP contribution in [0, 0.1) is 0 Å². The summed E-state index contributed by atoms with van der Waals surface area (Å²) in [5.41, 5.74) is 0.172. The Morgan fingerprint density at radius 3 is 2.47 bits per heavy atom. The summed E-state index contributed by atoms with van der Waals surface area (Å²) in [6.45, 7) is 5.72. The molecule has 0 aromatic heterocycles. The van der Waals surface area contributed by atoms with Crippen LogP contribution in [0.5, 0.6) is 5.75 Å². The van der Waals surface area contributed by atoms with Gasteiger partial charge in [-0.2, -0.15) is 0 Å². The molecule has 1 aromatic carbocycles. The van der Waals surface area contributed by atoms with Crippen LogP contribution < -0.4 is 5.32 Å². The second-order valence-corrected chi connectivity index (χ2v) is 5.22. The lowest BCUT2D eigenvalue weighted by Gasteiger charge is -2.20. The fraction of sp³-hybridized carbons (Fsp3) is 0.364. The summed E-state index contributed by atoms with van der Waals surface area (Å²) in [6, 6.07) is 4.74. The maximum Gasteiger partial charge on any atom is 0.251 e. The fourth-order valence-corrected chi connectivity index (χ4v) is 1.31. The van der Waals surface area contributed by atoms with Gasteiger partial charge in [-0.25, -0.2) is 0 Å². The van der Waals surface area contributed by atoms with E-state index in [2.05, 4.69) is 21.2 Å². The molecule has 0 fully saturated rings. The Labute approximate surface area is 97.6 Å². The average molecular weight is 272 g/mol. The Kier molecular flexibility index (Phi) is 3.39. The number of phenols is 1. The summed E-state index contributed by atoms with van der Waals surface area (Å²) in [5, 5.41) is 12.2. The maximum absolute atomic E-state index is 11.7. The van der Waals surface area contributed by atoms with Crippen molar-refractivity contribution in [1.29, 1.82) is 0 Å². The minimum absolute atomic E-state index is 0.0663. The van der Waals surface area contributed by atoms with E-state index in [9.17, 15) is 9.90 Å². The molecule has 0 unspecified atom stereocenters. The van der Waals surface area contributed by atoms with Gasteiger partial charge in [-0.15, -0.1) is 0 Å². The molecule has 1 amide bonds. The number of benzene rings is 1. The predicted molar refractivity (Wildman–Crippen MR) is 63.0 cm³/mol. The minimum atomic E-state index is -0.278. The third-order valence-corrected chi connectivity index (χ3v) is 2.37. The number of rotatable bonds is 1. The first-order chi connectivity index (χ1) is 6.79. The summed E-state index contributed by atoms with van der Waals surface area (Å²) in [7, 11) is 0. The highest BCUT2D eigenvalue weighted by molar-refractivity contribution is 9.10. The van der Waals surface area contributed by atoms with E-state index in [0.29, 0.717) is 10.0 Å². The molecule has 1 rings (SSSR count). The van der Waals surface area contributed by atoms with Crippen LogP contribution in [0.25, 0.3) is 0 Å². The van der Waals surface area contributed by atoms with Gasteiger partial charge in [-0.3, -0.25) is 4.79 Å². The summed E-state index contributed by atoms with van der Waals surface area (Å²) < 4.78 is 0.579. The Morgan fingerprint density at radius 1 is 1.40 bits per heavy atom. The maximum atomic E-state index is 11.7. The van der Waals surface area contributed by atoms with Crippen LogP contribution in [-0.2, 0) is 0 Å². The molecule has 0 atom stereocenters. The van der Waals surface area contributed by atoms with Crippen LogP contribution >= 0.6 is 15.9 Å². The van der Waals surface area contributed by atoms with E-state index in [4.69, 9.17) is 0 Å². The molecule has 0 aliphatic rings. The van der Waals surface area contributed by atoms with Crippen molar-refractivity contribution in [3.8, 4) is 5.75 Å². The standard InChI is InChI=1S/C11H14BrNO2/c1-11(2,3)13-10(15)7-4-5-8(12)9(14)6-7/h4-6,14H,1-3H3,(H,13,15). The van der Waals surface area contributed by atoms with Gasteiger partial charge in [0.25, 0.3) is 5.91 Å². The Balaban J connectivity index is 2.88. The zero-order valence-corrected chi connectivity index (χ0v) is 10.6. The molecule has 0 saturated carbocycles. The molecule has 0 aliphatic carbocycles. The average Bonchev–Trinajstić information content (AvgIpc) is 2.06. The van der Waals surface area contributed by atoms with Crippen molar-refractivity contribution in [2.45, 2.75) is 26.3 Å². The van der Waals surface area contributed by atoms with E-state index in [0.717, 1.165) is 0 Å². The topological polar surface area (TPSA) is 49.3 Å². The molecule has 82 valence electrons. The Hall–Kier alpha value is -1.03. The number of amides is 1. The van der Waals surface area contributed by atoms with Gasteiger partial charge in [0.1, 0.15) is 5.75 Å². The number of halogens is 1. The first-order valence-corrected chi connectivity index (χ1v) is 5.40. The molecule has 0 bridgehead atoms. The van der Waals surface area contributed by atoms with Crippen molar-refractivity contribution < 1.29 is 9.90 Å². The SMILES string of the molecule is CC(C)(C)NC(=O)c1ccc(Br)c(O)c1. The van der Waals surface area contributed by atoms with Crippen molar-refractivity contribution in [3.05, 3.63) is 28.2 Å². The monoisotopic (exact) mass is 271 g/mol. The van der Waals surface area contributed by atoms with Crippen molar-refractivity contribution in [1.82, 2.24) is 5.32 Å². The smallest absolute Gasteiger partial charge is 0.251 e. The number of aromatic hydroxyl groups is 1. The molecular weight excluding hydrogens is 258 g/mol. The van der Waals surface area contributed by atoms with Crippen molar-refractivity contribution >= 4 is 21.8 Å². The molecule has 0 saturated heterocycles. The van der Waals surface area contributed by atoms with Gasteiger partial charge in [0.15, 0.2) is 0 Å². The predicted octanol–water partition coefficient (Wildman–Crippen LogP) is 2.68. The van der Waals surface area contributed by atoms with Crippen LogP contribution in [0.3, 0.4) is 0 Å².